The molecule has 0 atom stereocenters. The molecule has 6 nitrogen and oxygen atoms in total. The molecule has 0 fully saturated rings. The number of hydrogen-bond acceptors (Lipinski definition) is 4. The standard InChI is InChI=1S/C17H15F3N2O4/c1-25-10-7-8-13(14(9-10)26-2)22-16(24)15(23)21-12-6-4-3-5-11(12)17(18,19)20/h3-9H,1-2H3,(H,21,23)(H,22,24). The summed E-state index contributed by atoms with van der Waals surface area (Å²) in [6.45, 7) is 0. The molecule has 2 aromatic carbocycles. The highest BCUT2D eigenvalue weighted by molar-refractivity contribution is 6.43. The number of carbonyl (C=O) groups excluding carboxylic acids is 2. The molecule has 0 saturated carbocycles. The van der Waals surface area contributed by atoms with E-state index in [4.69, 9.17) is 9.47 Å². The Morgan fingerprint density at radius 3 is 2.08 bits per heavy atom. The second kappa shape index (κ2) is 7.77. The molecule has 0 aliphatic carbocycles. The Kier molecular flexibility index (Phi) is 5.71. The fourth-order valence-electron chi connectivity index (χ4n) is 2.10. The van der Waals surface area contributed by atoms with Crippen molar-refractivity contribution in [2.24, 2.45) is 0 Å². The number of para-hydroxylation sites is 1. The van der Waals surface area contributed by atoms with Crippen LogP contribution in [-0.2, 0) is 15.8 Å². The van der Waals surface area contributed by atoms with E-state index in [0.29, 0.717) is 5.75 Å². The van der Waals surface area contributed by atoms with Gasteiger partial charge in [-0.3, -0.25) is 9.59 Å². The number of benzene rings is 2. The van der Waals surface area contributed by atoms with E-state index >= 15 is 0 Å². The molecule has 0 radical (unpaired) electrons. The van der Waals surface area contributed by atoms with Gasteiger partial charge in [-0.2, -0.15) is 13.2 Å². The first-order chi connectivity index (χ1) is 12.3. The van der Waals surface area contributed by atoms with Gasteiger partial charge in [0.15, 0.2) is 0 Å². The van der Waals surface area contributed by atoms with Crippen LogP contribution in [-0.4, -0.2) is 26.0 Å². The first-order valence-electron chi connectivity index (χ1n) is 7.27. The lowest BCUT2D eigenvalue weighted by Crippen LogP contribution is -2.30. The minimum atomic E-state index is -4.67. The Balaban J connectivity index is 2.16. The van der Waals surface area contributed by atoms with Gasteiger partial charge < -0.3 is 20.1 Å². The van der Waals surface area contributed by atoms with Crippen molar-refractivity contribution < 1.29 is 32.2 Å². The van der Waals surface area contributed by atoms with Gasteiger partial charge in [-0.25, -0.2) is 0 Å². The molecular weight excluding hydrogens is 353 g/mol. The van der Waals surface area contributed by atoms with E-state index < -0.39 is 29.2 Å². The molecule has 9 heteroatoms. The van der Waals surface area contributed by atoms with Gasteiger partial charge in [-0.05, 0) is 24.3 Å². The van der Waals surface area contributed by atoms with Crippen molar-refractivity contribution in [3.63, 3.8) is 0 Å². The Morgan fingerprint density at radius 1 is 0.885 bits per heavy atom. The monoisotopic (exact) mass is 368 g/mol. The lowest BCUT2D eigenvalue weighted by atomic mass is 10.1. The molecule has 2 N–H and O–H groups in total. The molecule has 0 unspecified atom stereocenters. The van der Waals surface area contributed by atoms with E-state index in [1.165, 1.54) is 44.6 Å². The first-order valence-corrected chi connectivity index (χ1v) is 7.27. The summed E-state index contributed by atoms with van der Waals surface area (Å²) in [6, 6.07) is 8.80. The van der Waals surface area contributed by atoms with Gasteiger partial charge in [-0.15, -0.1) is 0 Å². The average molecular weight is 368 g/mol. The number of rotatable bonds is 4. The van der Waals surface area contributed by atoms with Crippen molar-refractivity contribution in [1.82, 2.24) is 0 Å². The Hall–Kier alpha value is -3.23. The molecule has 0 spiro atoms. The van der Waals surface area contributed by atoms with E-state index in [1.807, 2.05) is 5.32 Å². The summed E-state index contributed by atoms with van der Waals surface area (Å²) in [4.78, 5) is 24.0. The van der Waals surface area contributed by atoms with Crippen molar-refractivity contribution >= 4 is 23.2 Å². The van der Waals surface area contributed by atoms with E-state index in [2.05, 4.69) is 5.32 Å². The summed E-state index contributed by atoms with van der Waals surface area (Å²) in [6.07, 6.45) is -4.67. The maximum absolute atomic E-state index is 12.9. The van der Waals surface area contributed by atoms with Gasteiger partial charge in [0.05, 0.1) is 31.2 Å². The second-order valence-corrected chi connectivity index (χ2v) is 5.02. The third-order valence-electron chi connectivity index (χ3n) is 3.34. The number of ether oxygens (including phenoxy) is 2. The lowest BCUT2D eigenvalue weighted by molar-refractivity contribution is -0.137. The van der Waals surface area contributed by atoms with Gasteiger partial charge in [0.1, 0.15) is 11.5 Å². The molecule has 0 heterocycles. The van der Waals surface area contributed by atoms with Gasteiger partial charge in [0, 0.05) is 6.07 Å². The number of carbonyl (C=O) groups is 2. The van der Waals surface area contributed by atoms with Crippen molar-refractivity contribution in [2.75, 3.05) is 24.9 Å². The molecule has 2 rings (SSSR count). The zero-order valence-corrected chi connectivity index (χ0v) is 13.8. The van der Waals surface area contributed by atoms with Crippen LogP contribution < -0.4 is 20.1 Å². The van der Waals surface area contributed by atoms with Crippen molar-refractivity contribution in [1.29, 1.82) is 0 Å². The number of nitrogens with one attached hydrogen (secondary N) is 2. The number of anilines is 2. The van der Waals surface area contributed by atoms with Crippen LogP contribution in [0, 0.1) is 0 Å². The summed E-state index contributed by atoms with van der Waals surface area (Å²) in [5.74, 6) is -1.71. The predicted octanol–water partition coefficient (Wildman–Crippen LogP) is 3.30. The number of amides is 2. The molecule has 138 valence electrons. The van der Waals surface area contributed by atoms with Crippen molar-refractivity contribution in [3.05, 3.63) is 48.0 Å². The van der Waals surface area contributed by atoms with Gasteiger partial charge >= 0.3 is 18.0 Å². The van der Waals surface area contributed by atoms with Crippen LogP contribution in [0.3, 0.4) is 0 Å². The number of halogens is 3. The zero-order chi connectivity index (χ0) is 19.3. The maximum atomic E-state index is 12.9. The van der Waals surface area contributed by atoms with Gasteiger partial charge in [0.25, 0.3) is 0 Å². The first kappa shape index (κ1) is 19.1. The van der Waals surface area contributed by atoms with Crippen LogP contribution >= 0.6 is 0 Å². The molecule has 0 aliphatic heterocycles. The van der Waals surface area contributed by atoms with Crippen LogP contribution in [0.25, 0.3) is 0 Å². The Labute approximate surface area is 146 Å². The van der Waals surface area contributed by atoms with Gasteiger partial charge in [0.2, 0.25) is 0 Å². The summed E-state index contributed by atoms with van der Waals surface area (Å²) in [7, 11) is 2.79. The average Bonchev–Trinajstić information content (AvgIpc) is 2.61. The van der Waals surface area contributed by atoms with E-state index in [-0.39, 0.29) is 11.4 Å². The largest absolute Gasteiger partial charge is 0.497 e. The minimum Gasteiger partial charge on any atom is -0.497 e. The molecule has 0 aromatic heterocycles. The Morgan fingerprint density at radius 2 is 1.50 bits per heavy atom. The summed E-state index contributed by atoms with van der Waals surface area (Å²) >= 11 is 0. The highest BCUT2D eigenvalue weighted by atomic mass is 19.4. The topological polar surface area (TPSA) is 76.7 Å². The minimum absolute atomic E-state index is 0.164. The highest BCUT2D eigenvalue weighted by Gasteiger charge is 2.34. The Bertz CT molecular complexity index is 822. The van der Waals surface area contributed by atoms with Crippen LogP contribution in [0.4, 0.5) is 24.5 Å². The van der Waals surface area contributed by atoms with Crippen molar-refractivity contribution in [2.45, 2.75) is 6.18 Å². The van der Waals surface area contributed by atoms with E-state index in [1.54, 1.807) is 0 Å². The number of methoxy groups -OCH3 is 2. The van der Waals surface area contributed by atoms with Crippen LogP contribution in [0.1, 0.15) is 5.56 Å². The summed E-state index contributed by atoms with van der Waals surface area (Å²) in [5.41, 5.74) is -1.40. The zero-order valence-electron chi connectivity index (χ0n) is 13.8. The number of alkyl halides is 3. The molecule has 0 saturated heterocycles. The maximum Gasteiger partial charge on any atom is 0.418 e. The van der Waals surface area contributed by atoms with Crippen LogP contribution in [0.15, 0.2) is 42.5 Å². The van der Waals surface area contributed by atoms with Crippen LogP contribution in [0.2, 0.25) is 0 Å². The molecule has 2 amide bonds. The third kappa shape index (κ3) is 4.44. The molecule has 0 bridgehead atoms. The van der Waals surface area contributed by atoms with Crippen molar-refractivity contribution in [3.8, 4) is 11.5 Å². The van der Waals surface area contributed by atoms with Gasteiger partial charge in [-0.1, -0.05) is 12.1 Å². The quantitative estimate of drug-likeness (QED) is 0.812. The molecule has 26 heavy (non-hydrogen) atoms. The predicted molar refractivity (Wildman–Crippen MR) is 88.2 cm³/mol. The summed E-state index contributed by atoms with van der Waals surface area (Å²) < 4.78 is 48.9. The fourth-order valence-corrected chi connectivity index (χ4v) is 2.10. The molecular formula is C17H15F3N2O4. The molecule has 0 aliphatic rings. The highest BCUT2D eigenvalue weighted by Crippen LogP contribution is 2.34. The fraction of sp³-hybridized carbons (Fsp3) is 0.176. The van der Waals surface area contributed by atoms with E-state index in [9.17, 15) is 22.8 Å². The SMILES string of the molecule is COc1ccc(NC(=O)C(=O)Nc2ccccc2C(F)(F)F)c(OC)c1. The smallest absolute Gasteiger partial charge is 0.418 e. The lowest BCUT2D eigenvalue weighted by Gasteiger charge is -2.14. The second-order valence-electron chi connectivity index (χ2n) is 5.02. The molecule has 2 aromatic rings. The normalized spacial score (nSPS) is 10.8. The third-order valence-corrected chi connectivity index (χ3v) is 3.34. The van der Waals surface area contributed by atoms with E-state index in [0.717, 1.165) is 12.1 Å². The summed E-state index contributed by atoms with van der Waals surface area (Å²) in [5, 5.41) is 4.24. The van der Waals surface area contributed by atoms with Crippen LogP contribution in [0.5, 0.6) is 11.5 Å². The number of hydrogen-bond donors (Lipinski definition) is 2.